The van der Waals surface area contributed by atoms with Crippen LogP contribution in [0.25, 0.3) is 10.9 Å². The number of benzene rings is 1. The average molecular weight is 464 g/mol. The van der Waals surface area contributed by atoms with Gasteiger partial charge in [0.1, 0.15) is 23.0 Å². The van der Waals surface area contributed by atoms with Crippen molar-refractivity contribution in [1.29, 1.82) is 0 Å². The van der Waals surface area contributed by atoms with Crippen molar-refractivity contribution in [3.8, 4) is 28.7 Å². The molecule has 176 valence electrons. The quantitative estimate of drug-likeness (QED) is 0.408. The van der Waals surface area contributed by atoms with Crippen LogP contribution in [-0.2, 0) is 11.2 Å². The molecule has 0 radical (unpaired) electrons. The fourth-order valence-corrected chi connectivity index (χ4v) is 3.35. The maximum atomic E-state index is 12.5. The average Bonchev–Trinajstić information content (AvgIpc) is 3.16. The number of rotatable bonds is 8. The second kappa shape index (κ2) is 9.65. The van der Waals surface area contributed by atoms with Crippen LogP contribution in [0.1, 0.15) is 17.0 Å². The van der Waals surface area contributed by atoms with Gasteiger partial charge in [0.2, 0.25) is 5.91 Å². The number of anilines is 1. The van der Waals surface area contributed by atoms with Crippen LogP contribution in [0.5, 0.6) is 28.7 Å². The number of amides is 1. The van der Waals surface area contributed by atoms with Gasteiger partial charge in [0, 0.05) is 29.3 Å². The Morgan fingerprint density at radius 1 is 0.971 bits per heavy atom. The van der Waals surface area contributed by atoms with Crippen LogP contribution in [0, 0.1) is 13.8 Å². The number of fused-ring (bicyclic) bond motifs is 1. The number of nitrogens with zero attached hydrogens (tertiary/aromatic N) is 3. The molecule has 1 aromatic carbocycles. The van der Waals surface area contributed by atoms with E-state index in [1.54, 1.807) is 51.6 Å². The van der Waals surface area contributed by atoms with Crippen molar-refractivity contribution < 1.29 is 28.3 Å². The summed E-state index contributed by atoms with van der Waals surface area (Å²) in [5, 5.41) is 7.31. The van der Waals surface area contributed by atoms with Gasteiger partial charge in [-0.2, -0.15) is 0 Å². The molecule has 0 saturated carbocycles. The minimum Gasteiger partial charge on any atom is -0.495 e. The zero-order valence-corrected chi connectivity index (χ0v) is 19.5. The zero-order chi connectivity index (χ0) is 24.2. The fraction of sp³-hybridized carbons (Fsp3) is 0.250. The molecule has 0 bridgehead atoms. The minimum absolute atomic E-state index is 0.00994. The Morgan fingerprint density at radius 3 is 2.38 bits per heavy atom. The van der Waals surface area contributed by atoms with E-state index in [-0.39, 0.29) is 12.3 Å². The third-order valence-electron chi connectivity index (χ3n) is 5.30. The number of aromatic nitrogens is 3. The normalized spacial score (nSPS) is 10.7. The largest absolute Gasteiger partial charge is 0.495 e. The first kappa shape index (κ1) is 22.8. The maximum absolute atomic E-state index is 12.5. The SMILES string of the molecule is COc1cc2nccc(Oc3cnc(CC(=O)Nc4noc(C)c4C)c(OC)c3)c2cc1OC. The number of hydrogen-bond acceptors (Lipinski definition) is 9. The number of ether oxygens (including phenoxy) is 4. The van der Waals surface area contributed by atoms with Crippen molar-refractivity contribution in [2.75, 3.05) is 26.6 Å². The summed E-state index contributed by atoms with van der Waals surface area (Å²) in [6, 6.07) is 6.99. The molecule has 10 heteroatoms. The monoisotopic (exact) mass is 464 g/mol. The first-order valence-electron chi connectivity index (χ1n) is 10.4. The summed E-state index contributed by atoms with van der Waals surface area (Å²) in [6.07, 6.45) is 3.16. The summed E-state index contributed by atoms with van der Waals surface area (Å²) in [5.74, 6) is 3.27. The minimum atomic E-state index is -0.294. The number of methoxy groups -OCH3 is 3. The molecule has 0 fully saturated rings. The van der Waals surface area contributed by atoms with Gasteiger partial charge in [-0.25, -0.2) is 0 Å². The van der Waals surface area contributed by atoms with Gasteiger partial charge in [0.05, 0.1) is 45.2 Å². The van der Waals surface area contributed by atoms with Crippen LogP contribution in [-0.4, -0.2) is 42.4 Å². The summed E-state index contributed by atoms with van der Waals surface area (Å²) < 4.78 is 27.4. The van der Waals surface area contributed by atoms with Gasteiger partial charge in [-0.05, 0) is 26.0 Å². The third-order valence-corrected chi connectivity index (χ3v) is 5.30. The van der Waals surface area contributed by atoms with E-state index in [2.05, 4.69) is 20.4 Å². The van der Waals surface area contributed by atoms with Gasteiger partial charge >= 0.3 is 0 Å². The van der Waals surface area contributed by atoms with Gasteiger partial charge < -0.3 is 28.8 Å². The van der Waals surface area contributed by atoms with E-state index in [0.717, 1.165) is 10.9 Å². The molecule has 0 unspecified atom stereocenters. The Kier molecular flexibility index (Phi) is 6.48. The predicted octanol–water partition coefficient (Wildman–Crippen LogP) is 4.23. The number of hydrogen-bond donors (Lipinski definition) is 1. The zero-order valence-electron chi connectivity index (χ0n) is 19.5. The molecule has 34 heavy (non-hydrogen) atoms. The first-order chi connectivity index (χ1) is 16.4. The Bertz CT molecular complexity index is 1350. The van der Waals surface area contributed by atoms with Crippen LogP contribution in [0.15, 0.2) is 41.2 Å². The molecule has 4 aromatic rings. The van der Waals surface area contributed by atoms with E-state index in [0.29, 0.717) is 51.5 Å². The summed E-state index contributed by atoms with van der Waals surface area (Å²) in [4.78, 5) is 21.3. The molecule has 4 rings (SSSR count). The van der Waals surface area contributed by atoms with Crippen LogP contribution in [0.3, 0.4) is 0 Å². The van der Waals surface area contributed by atoms with Crippen molar-refractivity contribution in [2.24, 2.45) is 0 Å². The number of aryl methyl sites for hydroxylation is 1. The number of nitrogens with one attached hydrogen (secondary N) is 1. The molecule has 0 atom stereocenters. The van der Waals surface area contributed by atoms with E-state index in [4.69, 9.17) is 23.5 Å². The molecule has 3 heterocycles. The Labute approximate surface area is 195 Å². The van der Waals surface area contributed by atoms with E-state index < -0.39 is 0 Å². The van der Waals surface area contributed by atoms with Gasteiger partial charge in [-0.3, -0.25) is 14.8 Å². The number of carbonyl (C=O) groups is 1. The lowest BCUT2D eigenvalue weighted by molar-refractivity contribution is -0.115. The van der Waals surface area contributed by atoms with E-state index in [1.165, 1.54) is 13.3 Å². The van der Waals surface area contributed by atoms with Crippen LogP contribution in [0.4, 0.5) is 5.82 Å². The number of carbonyl (C=O) groups excluding carboxylic acids is 1. The third kappa shape index (κ3) is 4.56. The molecule has 0 spiro atoms. The van der Waals surface area contributed by atoms with Crippen LogP contribution >= 0.6 is 0 Å². The standard InChI is InChI=1S/C24H24N4O6/c1-13-14(2)34-28-24(13)27-23(29)11-18-20(30-3)8-15(12-26-18)33-19-6-7-25-17-10-22(32-5)21(31-4)9-16(17)19/h6-10,12H,11H2,1-5H3,(H,27,28,29). The van der Waals surface area contributed by atoms with E-state index >= 15 is 0 Å². The van der Waals surface area contributed by atoms with E-state index in [1.807, 2.05) is 6.92 Å². The van der Waals surface area contributed by atoms with Crippen LogP contribution in [0.2, 0.25) is 0 Å². The second-order valence-electron chi connectivity index (χ2n) is 7.39. The van der Waals surface area contributed by atoms with Crippen LogP contribution < -0.4 is 24.3 Å². The second-order valence-corrected chi connectivity index (χ2v) is 7.39. The molecule has 0 saturated heterocycles. The lowest BCUT2D eigenvalue weighted by Gasteiger charge is -2.13. The van der Waals surface area contributed by atoms with Gasteiger partial charge in [-0.1, -0.05) is 5.16 Å². The van der Waals surface area contributed by atoms with Crippen molar-refractivity contribution in [2.45, 2.75) is 20.3 Å². The summed E-state index contributed by atoms with van der Waals surface area (Å²) in [5.41, 5.74) is 1.91. The van der Waals surface area contributed by atoms with Crippen molar-refractivity contribution >= 4 is 22.6 Å². The topological polar surface area (TPSA) is 118 Å². The lowest BCUT2D eigenvalue weighted by atomic mass is 10.2. The highest BCUT2D eigenvalue weighted by molar-refractivity contribution is 5.92. The maximum Gasteiger partial charge on any atom is 0.231 e. The molecular formula is C24H24N4O6. The van der Waals surface area contributed by atoms with Gasteiger partial charge in [0.15, 0.2) is 17.3 Å². The van der Waals surface area contributed by atoms with Crippen molar-refractivity contribution in [3.05, 3.63) is 53.7 Å². The van der Waals surface area contributed by atoms with E-state index in [9.17, 15) is 4.79 Å². The Morgan fingerprint density at radius 2 is 1.71 bits per heavy atom. The highest BCUT2D eigenvalue weighted by Gasteiger charge is 2.17. The Balaban J connectivity index is 1.56. The first-order valence-corrected chi connectivity index (χ1v) is 10.4. The van der Waals surface area contributed by atoms with Gasteiger partial charge in [0.25, 0.3) is 0 Å². The molecule has 1 N–H and O–H groups in total. The molecule has 1 amide bonds. The predicted molar refractivity (Wildman–Crippen MR) is 124 cm³/mol. The highest BCUT2D eigenvalue weighted by atomic mass is 16.5. The molecule has 10 nitrogen and oxygen atoms in total. The lowest BCUT2D eigenvalue weighted by Crippen LogP contribution is -2.16. The van der Waals surface area contributed by atoms with Gasteiger partial charge in [-0.15, -0.1) is 0 Å². The molecule has 0 aliphatic heterocycles. The summed E-state index contributed by atoms with van der Waals surface area (Å²) in [7, 11) is 4.64. The fourth-order valence-electron chi connectivity index (χ4n) is 3.35. The summed E-state index contributed by atoms with van der Waals surface area (Å²) in [6.45, 7) is 3.60. The molecule has 3 aromatic heterocycles. The molecule has 0 aliphatic rings. The summed E-state index contributed by atoms with van der Waals surface area (Å²) >= 11 is 0. The van der Waals surface area contributed by atoms with Crippen molar-refractivity contribution in [3.63, 3.8) is 0 Å². The van der Waals surface area contributed by atoms with Crippen molar-refractivity contribution in [1.82, 2.24) is 15.1 Å². The smallest absolute Gasteiger partial charge is 0.231 e. The molecule has 0 aliphatic carbocycles. The number of pyridine rings is 2. The highest BCUT2D eigenvalue weighted by Crippen LogP contribution is 2.37. The Hall–Kier alpha value is -4.34. The molecular weight excluding hydrogens is 440 g/mol.